The van der Waals surface area contributed by atoms with E-state index in [0.717, 1.165) is 54.0 Å². The summed E-state index contributed by atoms with van der Waals surface area (Å²) in [5, 5.41) is 0. The summed E-state index contributed by atoms with van der Waals surface area (Å²) in [5.41, 5.74) is 1.81. The van der Waals surface area contributed by atoms with E-state index in [1.54, 1.807) is 0 Å². The van der Waals surface area contributed by atoms with E-state index in [2.05, 4.69) is 47.6 Å². The van der Waals surface area contributed by atoms with E-state index >= 15 is 0 Å². The molecule has 0 aromatic heterocycles. The molecule has 4 aliphatic rings. The minimum absolute atomic E-state index is 0.336. The first kappa shape index (κ1) is 19.0. The molecule has 8 atom stereocenters. The predicted molar refractivity (Wildman–Crippen MR) is 110 cm³/mol. The normalized spacial score (nSPS) is 50.7. The highest BCUT2D eigenvalue weighted by Crippen LogP contribution is 2.66. The zero-order valence-corrected chi connectivity index (χ0v) is 18.1. The molecule has 0 aromatic carbocycles. The Morgan fingerprint density at radius 1 is 0.962 bits per heavy atom. The molecule has 1 saturated heterocycles. The SMILES string of the molecule is CC(C)=CC1(C2CC3C(CCC4C(C(C)C)CCCC34)CO2)C(C)C1C. The standard InChI is InChI=1S/C25H42O/c1-15(2)13-25(17(5)18(25)6)24-12-23-19(14-26-24)10-11-22-20(16(3)4)8-7-9-21(22)23/h13,16-24H,7-12,14H2,1-6H3. The monoisotopic (exact) mass is 358 g/mol. The summed E-state index contributed by atoms with van der Waals surface area (Å²) in [5.74, 6) is 7.23. The van der Waals surface area contributed by atoms with Crippen molar-refractivity contribution in [2.24, 2.45) is 52.8 Å². The van der Waals surface area contributed by atoms with Crippen LogP contribution in [0.2, 0.25) is 0 Å². The highest BCUT2D eigenvalue weighted by atomic mass is 16.5. The molecule has 1 aliphatic heterocycles. The van der Waals surface area contributed by atoms with Gasteiger partial charge in [-0.15, -0.1) is 0 Å². The summed E-state index contributed by atoms with van der Waals surface area (Å²) in [7, 11) is 0. The Bertz CT molecular complexity index is 534. The predicted octanol–water partition coefficient (Wildman–Crippen LogP) is 6.73. The van der Waals surface area contributed by atoms with Crippen molar-refractivity contribution < 1.29 is 4.74 Å². The molecule has 148 valence electrons. The van der Waals surface area contributed by atoms with Crippen LogP contribution in [0.3, 0.4) is 0 Å². The van der Waals surface area contributed by atoms with E-state index in [0.29, 0.717) is 11.5 Å². The Kier molecular flexibility index (Phi) is 5.08. The molecule has 26 heavy (non-hydrogen) atoms. The average molecular weight is 359 g/mol. The largest absolute Gasteiger partial charge is 0.377 e. The Morgan fingerprint density at radius 2 is 1.69 bits per heavy atom. The van der Waals surface area contributed by atoms with Crippen molar-refractivity contribution in [3.05, 3.63) is 11.6 Å². The first-order chi connectivity index (χ1) is 12.4. The summed E-state index contributed by atoms with van der Waals surface area (Å²) in [4.78, 5) is 0. The minimum atomic E-state index is 0.336. The van der Waals surface area contributed by atoms with Gasteiger partial charge >= 0.3 is 0 Å². The number of hydrogen-bond donors (Lipinski definition) is 0. The van der Waals surface area contributed by atoms with Crippen LogP contribution in [0.4, 0.5) is 0 Å². The van der Waals surface area contributed by atoms with Gasteiger partial charge in [0, 0.05) is 5.41 Å². The number of fused-ring (bicyclic) bond motifs is 3. The van der Waals surface area contributed by atoms with E-state index < -0.39 is 0 Å². The Morgan fingerprint density at radius 3 is 2.31 bits per heavy atom. The summed E-state index contributed by atoms with van der Waals surface area (Å²) in [6.45, 7) is 15.5. The van der Waals surface area contributed by atoms with Crippen LogP contribution in [-0.4, -0.2) is 12.7 Å². The maximum absolute atomic E-state index is 6.63. The van der Waals surface area contributed by atoms with Gasteiger partial charge in [-0.1, -0.05) is 45.8 Å². The molecule has 3 aliphatic carbocycles. The van der Waals surface area contributed by atoms with E-state index in [9.17, 15) is 0 Å². The van der Waals surface area contributed by atoms with E-state index in [1.165, 1.54) is 44.1 Å². The van der Waals surface area contributed by atoms with Crippen LogP contribution in [-0.2, 0) is 4.74 Å². The summed E-state index contributed by atoms with van der Waals surface area (Å²) < 4.78 is 6.63. The lowest BCUT2D eigenvalue weighted by Gasteiger charge is -2.53. The minimum Gasteiger partial charge on any atom is -0.377 e. The molecule has 0 radical (unpaired) electrons. The van der Waals surface area contributed by atoms with Gasteiger partial charge in [0.1, 0.15) is 0 Å². The van der Waals surface area contributed by atoms with Crippen molar-refractivity contribution in [1.82, 2.24) is 0 Å². The molecular formula is C25H42O. The van der Waals surface area contributed by atoms with Crippen LogP contribution in [0.5, 0.6) is 0 Å². The fourth-order valence-corrected chi connectivity index (χ4v) is 7.85. The van der Waals surface area contributed by atoms with Gasteiger partial charge in [0.2, 0.25) is 0 Å². The van der Waals surface area contributed by atoms with Crippen LogP contribution in [0.15, 0.2) is 11.6 Å². The molecule has 0 aromatic rings. The van der Waals surface area contributed by atoms with Gasteiger partial charge in [0.15, 0.2) is 0 Å². The van der Waals surface area contributed by atoms with Gasteiger partial charge in [0.25, 0.3) is 0 Å². The second-order valence-electron chi connectivity index (χ2n) is 11.0. The van der Waals surface area contributed by atoms with Crippen LogP contribution in [0.1, 0.15) is 80.1 Å². The smallest absolute Gasteiger partial charge is 0.0674 e. The zero-order chi connectivity index (χ0) is 18.6. The fourth-order valence-electron chi connectivity index (χ4n) is 7.85. The lowest BCUT2D eigenvalue weighted by molar-refractivity contribution is -0.126. The summed E-state index contributed by atoms with van der Waals surface area (Å²) in [6, 6.07) is 0. The van der Waals surface area contributed by atoms with Crippen LogP contribution in [0, 0.1) is 52.8 Å². The molecule has 1 heterocycles. The maximum Gasteiger partial charge on any atom is 0.0674 e. The Labute approximate surface area is 162 Å². The van der Waals surface area contributed by atoms with Gasteiger partial charge in [-0.3, -0.25) is 0 Å². The van der Waals surface area contributed by atoms with Crippen molar-refractivity contribution in [2.75, 3.05) is 6.61 Å². The van der Waals surface area contributed by atoms with Crippen molar-refractivity contribution in [1.29, 1.82) is 0 Å². The molecule has 4 fully saturated rings. The molecule has 0 N–H and O–H groups in total. The second-order valence-corrected chi connectivity index (χ2v) is 11.0. The van der Waals surface area contributed by atoms with Crippen molar-refractivity contribution in [3.8, 4) is 0 Å². The topological polar surface area (TPSA) is 9.23 Å². The number of ether oxygens (including phenoxy) is 1. The molecule has 1 heteroatoms. The first-order valence-corrected chi connectivity index (χ1v) is 11.6. The molecular weight excluding hydrogens is 316 g/mol. The Balaban J connectivity index is 1.55. The molecule has 1 nitrogen and oxygen atoms in total. The third-order valence-corrected chi connectivity index (χ3v) is 9.37. The van der Waals surface area contributed by atoms with E-state index in [4.69, 9.17) is 4.74 Å². The van der Waals surface area contributed by atoms with Crippen molar-refractivity contribution >= 4 is 0 Å². The van der Waals surface area contributed by atoms with Gasteiger partial charge in [-0.05, 0) is 93.3 Å². The third-order valence-electron chi connectivity index (χ3n) is 9.37. The molecule has 3 saturated carbocycles. The zero-order valence-electron chi connectivity index (χ0n) is 18.1. The van der Waals surface area contributed by atoms with Crippen LogP contribution >= 0.6 is 0 Å². The highest BCUT2D eigenvalue weighted by molar-refractivity contribution is 5.24. The molecule has 0 amide bonds. The van der Waals surface area contributed by atoms with E-state index in [-0.39, 0.29) is 0 Å². The van der Waals surface area contributed by atoms with Gasteiger partial charge < -0.3 is 4.74 Å². The maximum atomic E-state index is 6.63. The number of allylic oxidation sites excluding steroid dienone is 1. The second kappa shape index (κ2) is 6.94. The fraction of sp³-hybridized carbons (Fsp3) is 0.920. The van der Waals surface area contributed by atoms with Crippen molar-refractivity contribution in [2.45, 2.75) is 86.2 Å². The lowest BCUT2D eigenvalue weighted by atomic mass is 9.55. The van der Waals surface area contributed by atoms with Gasteiger partial charge in [0.05, 0.1) is 12.7 Å². The van der Waals surface area contributed by atoms with Gasteiger partial charge in [-0.2, -0.15) is 0 Å². The molecule has 4 rings (SSSR count). The van der Waals surface area contributed by atoms with E-state index in [1.807, 2.05) is 0 Å². The van der Waals surface area contributed by atoms with Crippen LogP contribution in [0.25, 0.3) is 0 Å². The molecule has 8 unspecified atom stereocenters. The average Bonchev–Trinajstić information content (AvgIpc) is 3.13. The lowest BCUT2D eigenvalue weighted by Crippen LogP contribution is -2.49. The summed E-state index contributed by atoms with van der Waals surface area (Å²) >= 11 is 0. The number of hydrogen-bond acceptors (Lipinski definition) is 1. The quantitative estimate of drug-likeness (QED) is 0.508. The van der Waals surface area contributed by atoms with Crippen molar-refractivity contribution in [3.63, 3.8) is 0 Å². The molecule has 0 spiro atoms. The first-order valence-electron chi connectivity index (χ1n) is 11.6. The number of rotatable bonds is 3. The third kappa shape index (κ3) is 2.92. The molecule has 0 bridgehead atoms. The Hall–Kier alpha value is -0.300. The summed E-state index contributed by atoms with van der Waals surface area (Å²) in [6.07, 6.45) is 11.8. The van der Waals surface area contributed by atoms with Crippen LogP contribution < -0.4 is 0 Å². The highest BCUT2D eigenvalue weighted by Gasteiger charge is 2.64. The van der Waals surface area contributed by atoms with Gasteiger partial charge in [-0.25, -0.2) is 0 Å².